The molecule has 0 aliphatic heterocycles. The van der Waals surface area contributed by atoms with E-state index < -0.39 is 0 Å². The normalized spacial score (nSPS) is 13.1. The number of anilines is 2. The van der Waals surface area contributed by atoms with Crippen LogP contribution in [0.5, 0.6) is 0 Å². The quantitative estimate of drug-likeness (QED) is 0.275. The second-order valence-electron chi connectivity index (χ2n) is 7.96. The van der Waals surface area contributed by atoms with Crippen molar-refractivity contribution in [3.05, 3.63) is 115 Å². The Labute approximate surface area is 183 Å². The highest BCUT2D eigenvalue weighted by atomic mass is 16.3. The van der Waals surface area contributed by atoms with Crippen LogP contribution in [0.3, 0.4) is 0 Å². The molecule has 1 aliphatic rings. The molecule has 3 nitrogen and oxygen atoms in total. The van der Waals surface area contributed by atoms with Crippen LogP contribution in [0.25, 0.3) is 43.9 Å². The Kier molecular flexibility index (Phi) is 3.51. The van der Waals surface area contributed by atoms with Crippen molar-refractivity contribution in [2.75, 3.05) is 4.90 Å². The van der Waals surface area contributed by atoms with Crippen LogP contribution in [0.4, 0.5) is 11.4 Å². The van der Waals surface area contributed by atoms with Crippen LogP contribution in [0.15, 0.2) is 123 Å². The van der Waals surface area contributed by atoms with E-state index in [2.05, 4.69) is 65.2 Å². The molecular weight excluding hydrogens is 394 g/mol. The van der Waals surface area contributed by atoms with Crippen LogP contribution in [0.1, 0.15) is 0 Å². The summed E-state index contributed by atoms with van der Waals surface area (Å²) in [6.07, 6.45) is 6.03. The van der Waals surface area contributed by atoms with Gasteiger partial charge in [0.2, 0.25) is 0 Å². The Morgan fingerprint density at radius 2 is 1.09 bits per heavy atom. The van der Waals surface area contributed by atoms with Crippen LogP contribution < -0.4 is 4.90 Å². The Balaban J connectivity index is 1.46. The number of rotatable bonds is 3. The van der Waals surface area contributed by atoms with Gasteiger partial charge < -0.3 is 13.7 Å². The Bertz CT molecular complexity index is 1660. The van der Waals surface area contributed by atoms with E-state index in [9.17, 15) is 0 Å². The first kappa shape index (κ1) is 17.2. The van der Waals surface area contributed by atoms with Gasteiger partial charge in [0.1, 0.15) is 22.3 Å². The highest BCUT2D eigenvalue weighted by Crippen LogP contribution is 2.39. The predicted molar refractivity (Wildman–Crippen MR) is 130 cm³/mol. The molecule has 1 aliphatic carbocycles. The number of hydrogen-bond acceptors (Lipinski definition) is 3. The van der Waals surface area contributed by atoms with Crippen LogP contribution in [0.2, 0.25) is 0 Å². The van der Waals surface area contributed by atoms with E-state index in [-0.39, 0.29) is 0 Å². The minimum absolute atomic E-state index is 0.889. The standard InChI is InChI=1S/C29H17NO2/c1-2-8-19(7-1)30(20-13-15-28-24(17-20)22-9-3-5-11-26(22)31-28)21-14-16-29-25(18-21)23-10-4-6-12-27(23)32-29/h1,3-18H. The third-order valence-electron chi connectivity index (χ3n) is 6.08. The third-order valence-corrected chi connectivity index (χ3v) is 6.08. The summed E-state index contributed by atoms with van der Waals surface area (Å²) >= 11 is 0. The second kappa shape index (κ2) is 6.52. The minimum Gasteiger partial charge on any atom is -0.456 e. The summed E-state index contributed by atoms with van der Waals surface area (Å²) in [5, 5.41) is 4.45. The summed E-state index contributed by atoms with van der Waals surface area (Å²) in [5.41, 5.74) is 9.97. The van der Waals surface area contributed by atoms with Crippen molar-refractivity contribution >= 4 is 55.3 Å². The number of para-hydroxylation sites is 2. The van der Waals surface area contributed by atoms with E-state index in [1.54, 1.807) is 0 Å². The molecule has 0 saturated heterocycles. The van der Waals surface area contributed by atoms with E-state index in [1.165, 1.54) is 0 Å². The molecule has 0 N–H and O–H groups in total. The molecule has 0 bridgehead atoms. The zero-order chi connectivity index (χ0) is 21.1. The molecule has 0 amide bonds. The van der Waals surface area contributed by atoms with Gasteiger partial charge in [0, 0.05) is 39.0 Å². The maximum Gasteiger partial charge on any atom is 0.135 e. The van der Waals surface area contributed by atoms with Crippen molar-refractivity contribution in [1.82, 2.24) is 0 Å². The zero-order valence-electron chi connectivity index (χ0n) is 17.1. The molecule has 0 radical (unpaired) electrons. The van der Waals surface area contributed by atoms with Gasteiger partial charge in [-0.1, -0.05) is 36.4 Å². The lowest BCUT2D eigenvalue weighted by Gasteiger charge is -2.25. The van der Waals surface area contributed by atoms with Crippen molar-refractivity contribution < 1.29 is 8.83 Å². The van der Waals surface area contributed by atoms with Gasteiger partial charge in [-0.2, -0.15) is 0 Å². The van der Waals surface area contributed by atoms with E-state index in [0.29, 0.717) is 0 Å². The second-order valence-corrected chi connectivity index (χ2v) is 7.96. The predicted octanol–water partition coefficient (Wildman–Crippen LogP) is 8.23. The van der Waals surface area contributed by atoms with Gasteiger partial charge in [-0.15, -0.1) is 5.73 Å². The van der Waals surface area contributed by atoms with Crippen molar-refractivity contribution in [1.29, 1.82) is 0 Å². The van der Waals surface area contributed by atoms with Crippen LogP contribution >= 0.6 is 0 Å². The highest BCUT2D eigenvalue weighted by molar-refractivity contribution is 6.08. The average molecular weight is 411 g/mol. The Morgan fingerprint density at radius 1 is 0.562 bits per heavy atom. The molecule has 2 heterocycles. The Hall–Kier alpha value is -4.46. The molecule has 32 heavy (non-hydrogen) atoms. The molecular formula is C29H17NO2. The van der Waals surface area contributed by atoms with Crippen LogP contribution in [-0.4, -0.2) is 0 Å². The van der Waals surface area contributed by atoms with Gasteiger partial charge in [-0.05, 0) is 60.7 Å². The monoisotopic (exact) mass is 411 g/mol. The van der Waals surface area contributed by atoms with Crippen molar-refractivity contribution in [2.45, 2.75) is 0 Å². The SMILES string of the molecule is C1=CC=C(N(c2ccc3oc4ccccc4c3c2)c2ccc3oc4ccccc4c3c2)C=1. The van der Waals surface area contributed by atoms with Crippen molar-refractivity contribution in [2.24, 2.45) is 0 Å². The molecule has 4 aromatic carbocycles. The molecule has 0 unspecified atom stereocenters. The molecule has 2 aromatic heterocycles. The number of hydrogen-bond donors (Lipinski definition) is 0. The fourth-order valence-electron chi connectivity index (χ4n) is 4.61. The van der Waals surface area contributed by atoms with Gasteiger partial charge >= 0.3 is 0 Å². The summed E-state index contributed by atoms with van der Waals surface area (Å²) in [7, 11) is 0. The first-order valence-corrected chi connectivity index (χ1v) is 10.6. The largest absolute Gasteiger partial charge is 0.456 e. The average Bonchev–Trinajstić information content (AvgIpc) is 3.56. The third kappa shape index (κ3) is 2.49. The van der Waals surface area contributed by atoms with Gasteiger partial charge in [0.25, 0.3) is 0 Å². The molecule has 6 aromatic rings. The number of allylic oxidation sites excluding steroid dienone is 2. The van der Waals surface area contributed by atoms with Crippen LogP contribution in [-0.2, 0) is 0 Å². The fourth-order valence-corrected chi connectivity index (χ4v) is 4.61. The van der Waals surface area contributed by atoms with E-state index in [4.69, 9.17) is 8.83 Å². The first-order chi connectivity index (χ1) is 15.8. The molecule has 0 spiro atoms. The number of benzene rings is 4. The summed E-state index contributed by atoms with van der Waals surface area (Å²) in [6.45, 7) is 0. The first-order valence-electron chi connectivity index (χ1n) is 10.6. The lowest BCUT2D eigenvalue weighted by molar-refractivity contribution is 0.668. The molecule has 3 heteroatoms. The fraction of sp³-hybridized carbons (Fsp3) is 0. The number of furan rings is 2. The maximum absolute atomic E-state index is 6.04. The van der Waals surface area contributed by atoms with Crippen molar-refractivity contribution in [3.8, 4) is 0 Å². The minimum atomic E-state index is 0.889. The van der Waals surface area contributed by atoms with Crippen molar-refractivity contribution in [3.63, 3.8) is 0 Å². The molecule has 0 saturated carbocycles. The summed E-state index contributed by atoms with van der Waals surface area (Å²) < 4.78 is 12.1. The molecule has 150 valence electrons. The smallest absolute Gasteiger partial charge is 0.135 e. The zero-order valence-corrected chi connectivity index (χ0v) is 17.1. The van der Waals surface area contributed by atoms with E-state index in [0.717, 1.165) is 60.9 Å². The van der Waals surface area contributed by atoms with Crippen LogP contribution in [0, 0.1) is 0 Å². The van der Waals surface area contributed by atoms with E-state index >= 15 is 0 Å². The summed E-state index contributed by atoms with van der Waals surface area (Å²) in [4.78, 5) is 2.25. The lowest BCUT2D eigenvalue weighted by Crippen LogP contribution is -2.14. The summed E-state index contributed by atoms with van der Waals surface area (Å²) in [6, 6.07) is 29.1. The molecule has 0 atom stereocenters. The van der Waals surface area contributed by atoms with Gasteiger partial charge in [-0.3, -0.25) is 0 Å². The lowest BCUT2D eigenvalue weighted by atomic mass is 10.1. The molecule has 7 rings (SSSR count). The maximum atomic E-state index is 6.04. The van der Waals surface area contributed by atoms with Gasteiger partial charge in [-0.25, -0.2) is 0 Å². The van der Waals surface area contributed by atoms with E-state index in [1.807, 2.05) is 48.6 Å². The number of fused-ring (bicyclic) bond motifs is 6. The van der Waals surface area contributed by atoms with Gasteiger partial charge in [0.05, 0.1) is 5.70 Å². The van der Waals surface area contributed by atoms with Gasteiger partial charge in [0.15, 0.2) is 0 Å². The topological polar surface area (TPSA) is 29.5 Å². The Morgan fingerprint density at radius 3 is 1.62 bits per heavy atom. The molecule has 0 fully saturated rings. The number of nitrogens with zero attached hydrogens (tertiary/aromatic N) is 1. The highest BCUT2D eigenvalue weighted by Gasteiger charge is 2.18. The summed E-state index contributed by atoms with van der Waals surface area (Å²) in [5.74, 6) is 0.